The van der Waals surface area contributed by atoms with E-state index in [0.717, 1.165) is 0 Å². The quantitative estimate of drug-likeness (QED) is 0.624. The molecule has 0 radical (unpaired) electrons. The van der Waals surface area contributed by atoms with Gasteiger partial charge in [-0.2, -0.15) is 5.26 Å². The molecule has 0 bridgehead atoms. The molecule has 0 saturated heterocycles. The molecule has 66 valence electrons. The van der Waals surface area contributed by atoms with E-state index in [1.54, 1.807) is 0 Å². The first-order valence-electron chi connectivity index (χ1n) is 3.43. The molecular formula is C8H7N3O2. The SMILES string of the molecule is COC(=O)c1ncc(N)cc1C#N. The lowest BCUT2D eigenvalue weighted by atomic mass is 10.2. The number of carbonyl (C=O) groups excluding carboxylic acids is 1. The van der Waals surface area contributed by atoms with Crippen LogP contribution in [0, 0.1) is 11.3 Å². The largest absolute Gasteiger partial charge is 0.464 e. The molecule has 2 N–H and O–H groups in total. The van der Waals surface area contributed by atoms with E-state index in [0.29, 0.717) is 5.69 Å². The number of aromatic nitrogens is 1. The molecule has 5 heteroatoms. The van der Waals surface area contributed by atoms with Gasteiger partial charge in [0.1, 0.15) is 6.07 Å². The third kappa shape index (κ3) is 1.73. The van der Waals surface area contributed by atoms with Crippen molar-refractivity contribution in [2.45, 2.75) is 0 Å². The topological polar surface area (TPSA) is 89.0 Å². The Kier molecular flexibility index (Phi) is 2.45. The molecule has 1 aromatic heterocycles. The average molecular weight is 177 g/mol. The first kappa shape index (κ1) is 9.00. The summed E-state index contributed by atoms with van der Waals surface area (Å²) < 4.78 is 4.43. The third-order valence-corrected chi connectivity index (χ3v) is 1.41. The van der Waals surface area contributed by atoms with Crippen LogP contribution in [0.15, 0.2) is 12.3 Å². The second kappa shape index (κ2) is 3.54. The number of nitrogen functional groups attached to an aromatic ring is 1. The molecule has 0 spiro atoms. The number of anilines is 1. The maximum atomic E-state index is 11.0. The fraction of sp³-hybridized carbons (Fsp3) is 0.125. The van der Waals surface area contributed by atoms with Crippen LogP contribution in [0.5, 0.6) is 0 Å². The second-order valence-electron chi connectivity index (χ2n) is 2.27. The summed E-state index contributed by atoms with van der Waals surface area (Å²) in [6, 6.07) is 3.18. The molecule has 0 aliphatic rings. The highest BCUT2D eigenvalue weighted by Crippen LogP contribution is 2.09. The molecule has 1 aromatic rings. The number of nitriles is 1. The van der Waals surface area contributed by atoms with Gasteiger partial charge in [0.15, 0.2) is 5.69 Å². The summed E-state index contributed by atoms with van der Waals surface area (Å²) in [5, 5.41) is 8.63. The molecule has 0 saturated carbocycles. The molecular weight excluding hydrogens is 170 g/mol. The Morgan fingerprint density at radius 3 is 3.00 bits per heavy atom. The van der Waals surface area contributed by atoms with Crippen molar-refractivity contribution in [3.8, 4) is 6.07 Å². The van der Waals surface area contributed by atoms with Crippen LogP contribution in [0.25, 0.3) is 0 Å². The number of nitrogens with zero attached hydrogens (tertiary/aromatic N) is 2. The van der Waals surface area contributed by atoms with Crippen molar-refractivity contribution in [1.82, 2.24) is 4.98 Å². The van der Waals surface area contributed by atoms with Gasteiger partial charge in [-0.15, -0.1) is 0 Å². The summed E-state index contributed by atoms with van der Waals surface area (Å²) in [6.07, 6.45) is 1.30. The van der Waals surface area contributed by atoms with Crippen molar-refractivity contribution in [3.63, 3.8) is 0 Å². The van der Waals surface area contributed by atoms with Crippen molar-refractivity contribution >= 4 is 11.7 Å². The summed E-state index contributed by atoms with van der Waals surface area (Å²) in [6.45, 7) is 0. The van der Waals surface area contributed by atoms with Gasteiger partial charge in [-0.25, -0.2) is 9.78 Å². The highest BCUT2D eigenvalue weighted by molar-refractivity contribution is 5.90. The maximum Gasteiger partial charge on any atom is 0.358 e. The fourth-order valence-electron chi connectivity index (χ4n) is 0.825. The lowest BCUT2D eigenvalue weighted by Crippen LogP contribution is -2.07. The number of carbonyl (C=O) groups is 1. The highest BCUT2D eigenvalue weighted by Gasteiger charge is 2.13. The van der Waals surface area contributed by atoms with E-state index in [4.69, 9.17) is 11.0 Å². The number of esters is 1. The molecule has 5 nitrogen and oxygen atoms in total. The van der Waals surface area contributed by atoms with Crippen molar-refractivity contribution in [2.75, 3.05) is 12.8 Å². The molecule has 1 heterocycles. The van der Waals surface area contributed by atoms with E-state index in [1.165, 1.54) is 19.4 Å². The first-order valence-corrected chi connectivity index (χ1v) is 3.43. The van der Waals surface area contributed by atoms with Gasteiger partial charge in [0.05, 0.1) is 24.6 Å². The number of pyridine rings is 1. The van der Waals surface area contributed by atoms with Crippen molar-refractivity contribution in [1.29, 1.82) is 5.26 Å². The molecule has 0 unspecified atom stereocenters. The minimum absolute atomic E-state index is 0.0146. The fourth-order valence-corrected chi connectivity index (χ4v) is 0.825. The van der Waals surface area contributed by atoms with Crippen molar-refractivity contribution < 1.29 is 9.53 Å². The van der Waals surface area contributed by atoms with Gasteiger partial charge in [-0.3, -0.25) is 0 Å². The zero-order valence-corrected chi connectivity index (χ0v) is 6.94. The van der Waals surface area contributed by atoms with Crippen LogP contribution < -0.4 is 5.73 Å². The monoisotopic (exact) mass is 177 g/mol. The average Bonchev–Trinajstić information content (AvgIpc) is 2.16. The van der Waals surface area contributed by atoms with Crippen LogP contribution in [0.3, 0.4) is 0 Å². The summed E-state index contributed by atoms with van der Waals surface area (Å²) in [5.41, 5.74) is 5.82. The summed E-state index contributed by atoms with van der Waals surface area (Å²) in [4.78, 5) is 14.7. The zero-order valence-electron chi connectivity index (χ0n) is 6.94. The summed E-state index contributed by atoms with van der Waals surface area (Å²) in [5.74, 6) is -0.642. The molecule has 0 aliphatic heterocycles. The van der Waals surface area contributed by atoms with E-state index < -0.39 is 5.97 Å². The molecule has 0 aromatic carbocycles. The van der Waals surface area contributed by atoms with Gasteiger partial charge in [0.25, 0.3) is 0 Å². The van der Waals surface area contributed by atoms with E-state index in [9.17, 15) is 4.79 Å². The molecule has 0 amide bonds. The zero-order chi connectivity index (χ0) is 9.84. The lowest BCUT2D eigenvalue weighted by molar-refractivity contribution is 0.0593. The number of rotatable bonds is 1. The van der Waals surface area contributed by atoms with Gasteiger partial charge in [-0.05, 0) is 6.07 Å². The second-order valence-corrected chi connectivity index (χ2v) is 2.27. The Labute approximate surface area is 74.8 Å². The Balaban J connectivity index is 3.23. The van der Waals surface area contributed by atoms with E-state index in [-0.39, 0.29) is 11.3 Å². The third-order valence-electron chi connectivity index (χ3n) is 1.41. The molecule has 1 rings (SSSR count). The van der Waals surface area contributed by atoms with Crippen molar-refractivity contribution in [3.05, 3.63) is 23.5 Å². The maximum absolute atomic E-state index is 11.0. The number of methoxy groups -OCH3 is 1. The Morgan fingerprint density at radius 2 is 2.46 bits per heavy atom. The molecule has 0 fully saturated rings. The summed E-state index contributed by atoms with van der Waals surface area (Å²) in [7, 11) is 1.22. The van der Waals surface area contributed by atoms with Gasteiger partial charge in [0.2, 0.25) is 0 Å². The Hall–Kier alpha value is -2.09. The Morgan fingerprint density at radius 1 is 1.77 bits per heavy atom. The number of ether oxygens (including phenoxy) is 1. The normalized spacial score (nSPS) is 8.92. The highest BCUT2D eigenvalue weighted by atomic mass is 16.5. The smallest absolute Gasteiger partial charge is 0.358 e. The molecule has 13 heavy (non-hydrogen) atoms. The van der Waals surface area contributed by atoms with Crippen LogP contribution in [0.2, 0.25) is 0 Å². The van der Waals surface area contributed by atoms with Crippen LogP contribution >= 0.6 is 0 Å². The lowest BCUT2D eigenvalue weighted by Gasteiger charge is -2.00. The van der Waals surface area contributed by atoms with Gasteiger partial charge >= 0.3 is 5.97 Å². The minimum atomic E-state index is -0.642. The van der Waals surface area contributed by atoms with Crippen LogP contribution in [0.1, 0.15) is 16.1 Å². The molecule has 0 aliphatic carbocycles. The standard InChI is InChI=1S/C8H7N3O2/c1-13-8(12)7-5(3-9)2-6(10)4-11-7/h2,4H,10H2,1H3. The minimum Gasteiger partial charge on any atom is -0.464 e. The van der Waals surface area contributed by atoms with Gasteiger partial charge in [-0.1, -0.05) is 0 Å². The van der Waals surface area contributed by atoms with Crippen LogP contribution in [0.4, 0.5) is 5.69 Å². The predicted molar refractivity (Wildman–Crippen MR) is 44.7 cm³/mol. The van der Waals surface area contributed by atoms with E-state index in [1.807, 2.05) is 6.07 Å². The Bertz CT molecular complexity index is 381. The number of hydrogen-bond donors (Lipinski definition) is 1. The summed E-state index contributed by atoms with van der Waals surface area (Å²) >= 11 is 0. The van der Waals surface area contributed by atoms with Gasteiger partial charge in [0, 0.05) is 0 Å². The molecule has 0 atom stereocenters. The van der Waals surface area contributed by atoms with E-state index in [2.05, 4.69) is 9.72 Å². The van der Waals surface area contributed by atoms with Crippen molar-refractivity contribution in [2.24, 2.45) is 0 Å². The van der Waals surface area contributed by atoms with Crippen LogP contribution in [-0.2, 0) is 4.74 Å². The van der Waals surface area contributed by atoms with Crippen LogP contribution in [-0.4, -0.2) is 18.1 Å². The number of hydrogen-bond acceptors (Lipinski definition) is 5. The predicted octanol–water partition coefficient (Wildman–Crippen LogP) is 0.322. The van der Waals surface area contributed by atoms with Gasteiger partial charge < -0.3 is 10.5 Å². The number of nitrogens with two attached hydrogens (primary N) is 1. The first-order chi connectivity index (χ1) is 6.19. The van der Waals surface area contributed by atoms with E-state index >= 15 is 0 Å².